The number of amides is 1. The van der Waals surface area contributed by atoms with E-state index in [1.807, 2.05) is 0 Å². The molecule has 134 valence electrons. The third-order valence-corrected chi connectivity index (χ3v) is 4.72. The molecule has 1 aromatic heterocycles. The molecule has 1 atom stereocenters. The Morgan fingerprint density at radius 2 is 2.08 bits per heavy atom. The lowest BCUT2D eigenvalue weighted by Crippen LogP contribution is -2.31. The second-order valence-corrected chi connectivity index (χ2v) is 6.32. The van der Waals surface area contributed by atoms with Gasteiger partial charge in [-0.3, -0.25) is 4.79 Å². The van der Waals surface area contributed by atoms with Crippen molar-refractivity contribution in [1.29, 1.82) is 0 Å². The van der Waals surface area contributed by atoms with Gasteiger partial charge in [0, 0.05) is 12.6 Å². The van der Waals surface area contributed by atoms with Crippen LogP contribution in [0.4, 0.5) is 8.78 Å². The molecule has 0 aliphatic carbocycles. The van der Waals surface area contributed by atoms with E-state index in [1.54, 1.807) is 24.9 Å². The fourth-order valence-corrected chi connectivity index (χ4v) is 3.02. The standard InChI is InChI=1S/C17H21F2N5O/c1-11(14-9-12(18)3-4-15(14)19)23(2)17(25)16-10-24(22-21-16)13-5-7-20-8-6-13/h3-4,9-11,13,20H,5-8H2,1-2H3/t11-/m1/s1. The number of carbonyl (C=O) groups excluding carboxylic acids is 1. The quantitative estimate of drug-likeness (QED) is 0.920. The summed E-state index contributed by atoms with van der Waals surface area (Å²) in [6.07, 6.45) is 3.49. The van der Waals surface area contributed by atoms with Crippen LogP contribution in [-0.4, -0.2) is 45.9 Å². The summed E-state index contributed by atoms with van der Waals surface area (Å²) in [4.78, 5) is 14.0. The van der Waals surface area contributed by atoms with Gasteiger partial charge >= 0.3 is 0 Å². The van der Waals surface area contributed by atoms with Crippen LogP contribution in [0.2, 0.25) is 0 Å². The largest absolute Gasteiger partial charge is 0.333 e. The van der Waals surface area contributed by atoms with Gasteiger partial charge in [-0.2, -0.15) is 0 Å². The molecule has 1 amide bonds. The van der Waals surface area contributed by atoms with E-state index < -0.39 is 17.7 Å². The minimum absolute atomic E-state index is 0.126. The molecular weight excluding hydrogens is 328 g/mol. The van der Waals surface area contributed by atoms with E-state index in [0.717, 1.165) is 44.1 Å². The highest BCUT2D eigenvalue weighted by atomic mass is 19.1. The van der Waals surface area contributed by atoms with Crippen LogP contribution in [-0.2, 0) is 0 Å². The van der Waals surface area contributed by atoms with E-state index in [1.165, 1.54) is 4.90 Å². The smallest absolute Gasteiger partial charge is 0.276 e. The number of nitrogens with one attached hydrogen (secondary N) is 1. The molecule has 3 rings (SSSR count). The number of aromatic nitrogens is 3. The van der Waals surface area contributed by atoms with E-state index in [0.29, 0.717) is 0 Å². The molecule has 0 unspecified atom stereocenters. The van der Waals surface area contributed by atoms with Crippen molar-refractivity contribution in [3.05, 3.63) is 47.3 Å². The summed E-state index contributed by atoms with van der Waals surface area (Å²) in [6.45, 7) is 3.46. The van der Waals surface area contributed by atoms with E-state index in [2.05, 4.69) is 15.6 Å². The van der Waals surface area contributed by atoms with Gasteiger partial charge in [0.25, 0.3) is 5.91 Å². The Bertz CT molecular complexity index is 757. The van der Waals surface area contributed by atoms with Crippen LogP contribution in [0.25, 0.3) is 0 Å². The van der Waals surface area contributed by atoms with Crippen molar-refractivity contribution in [2.45, 2.75) is 31.8 Å². The molecular formula is C17H21F2N5O. The Kier molecular flexibility index (Phi) is 5.08. The first kappa shape index (κ1) is 17.5. The van der Waals surface area contributed by atoms with Gasteiger partial charge in [-0.25, -0.2) is 13.5 Å². The summed E-state index contributed by atoms with van der Waals surface area (Å²) in [5, 5.41) is 11.3. The maximum atomic E-state index is 14.0. The number of rotatable bonds is 4. The highest BCUT2D eigenvalue weighted by Gasteiger charge is 2.25. The fraction of sp³-hybridized carbons (Fsp3) is 0.471. The third-order valence-electron chi connectivity index (χ3n) is 4.72. The SMILES string of the molecule is C[C@H](c1cc(F)ccc1F)N(C)C(=O)c1cn(C2CCNCC2)nn1. The van der Waals surface area contributed by atoms with Gasteiger partial charge in [-0.1, -0.05) is 5.21 Å². The summed E-state index contributed by atoms with van der Waals surface area (Å²) >= 11 is 0. The molecule has 1 N–H and O–H groups in total. The van der Waals surface area contributed by atoms with E-state index in [-0.39, 0.29) is 23.2 Å². The highest BCUT2D eigenvalue weighted by Crippen LogP contribution is 2.24. The molecule has 1 aliphatic rings. The van der Waals surface area contributed by atoms with Crippen molar-refractivity contribution >= 4 is 5.91 Å². The number of hydrogen-bond donors (Lipinski definition) is 1. The Morgan fingerprint density at radius 3 is 2.80 bits per heavy atom. The number of benzene rings is 1. The fourth-order valence-electron chi connectivity index (χ4n) is 3.02. The Morgan fingerprint density at radius 1 is 1.36 bits per heavy atom. The summed E-state index contributed by atoms with van der Waals surface area (Å²) < 4.78 is 29.1. The van der Waals surface area contributed by atoms with Gasteiger partial charge in [0.05, 0.1) is 18.3 Å². The molecule has 6 nitrogen and oxygen atoms in total. The molecule has 0 bridgehead atoms. The maximum absolute atomic E-state index is 14.0. The Balaban J connectivity index is 1.75. The van der Waals surface area contributed by atoms with Crippen LogP contribution in [0, 0.1) is 11.6 Å². The first-order chi connectivity index (χ1) is 12.0. The van der Waals surface area contributed by atoms with Crippen LogP contribution >= 0.6 is 0 Å². The lowest BCUT2D eigenvalue weighted by molar-refractivity contribution is 0.0734. The minimum atomic E-state index is -0.632. The predicted molar refractivity (Wildman–Crippen MR) is 88.0 cm³/mol. The first-order valence-corrected chi connectivity index (χ1v) is 8.32. The van der Waals surface area contributed by atoms with Crippen LogP contribution < -0.4 is 5.32 Å². The number of carbonyl (C=O) groups is 1. The van der Waals surface area contributed by atoms with E-state index >= 15 is 0 Å². The molecule has 8 heteroatoms. The average Bonchev–Trinajstić information content (AvgIpc) is 3.13. The number of piperidine rings is 1. The van der Waals surface area contributed by atoms with Gasteiger partial charge in [0.1, 0.15) is 11.6 Å². The summed E-state index contributed by atoms with van der Waals surface area (Å²) in [5.41, 5.74) is 0.325. The topological polar surface area (TPSA) is 63.1 Å². The lowest BCUT2D eigenvalue weighted by Gasteiger charge is -2.25. The van der Waals surface area contributed by atoms with Gasteiger partial charge in [-0.05, 0) is 51.1 Å². The molecule has 1 aliphatic heterocycles. The zero-order valence-corrected chi connectivity index (χ0v) is 14.2. The van der Waals surface area contributed by atoms with Crippen LogP contribution in [0.15, 0.2) is 24.4 Å². The number of halogens is 2. The maximum Gasteiger partial charge on any atom is 0.276 e. The highest BCUT2D eigenvalue weighted by molar-refractivity contribution is 5.92. The minimum Gasteiger partial charge on any atom is -0.333 e. The normalized spacial score (nSPS) is 16.6. The number of hydrogen-bond acceptors (Lipinski definition) is 4. The lowest BCUT2D eigenvalue weighted by atomic mass is 10.1. The van der Waals surface area contributed by atoms with Crippen molar-refractivity contribution in [3.8, 4) is 0 Å². The average molecular weight is 349 g/mol. The molecule has 0 radical (unpaired) electrons. The van der Waals surface area contributed by atoms with Crippen molar-refractivity contribution in [1.82, 2.24) is 25.2 Å². The second-order valence-electron chi connectivity index (χ2n) is 6.32. The Labute approximate surface area is 144 Å². The van der Waals surface area contributed by atoms with E-state index in [4.69, 9.17) is 0 Å². The van der Waals surface area contributed by atoms with Crippen molar-refractivity contribution in [2.75, 3.05) is 20.1 Å². The molecule has 0 saturated carbocycles. The molecule has 1 fully saturated rings. The van der Waals surface area contributed by atoms with Crippen molar-refractivity contribution in [2.24, 2.45) is 0 Å². The predicted octanol–water partition coefficient (Wildman–Crippen LogP) is 2.31. The molecule has 2 aromatic rings. The van der Waals surface area contributed by atoms with E-state index in [9.17, 15) is 13.6 Å². The summed E-state index contributed by atoms with van der Waals surface area (Å²) in [6, 6.07) is 2.81. The van der Waals surface area contributed by atoms with Gasteiger partial charge in [0.2, 0.25) is 0 Å². The molecule has 2 heterocycles. The monoisotopic (exact) mass is 349 g/mol. The Hall–Kier alpha value is -2.35. The molecule has 1 aromatic carbocycles. The summed E-state index contributed by atoms with van der Waals surface area (Å²) in [5.74, 6) is -1.47. The molecule has 1 saturated heterocycles. The molecule has 25 heavy (non-hydrogen) atoms. The molecule has 0 spiro atoms. The zero-order chi connectivity index (χ0) is 18.0. The second kappa shape index (κ2) is 7.26. The number of nitrogens with zero attached hydrogens (tertiary/aromatic N) is 4. The van der Waals surface area contributed by atoms with Gasteiger partial charge in [0.15, 0.2) is 5.69 Å². The van der Waals surface area contributed by atoms with Crippen molar-refractivity contribution in [3.63, 3.8) is 0 Å². The third kappa shape index (κ3) is 3.68. The summed E-state index contributed by atoms with van der Waals surface area (Å²) in [7, 11) is 1.54. The van der Waals surface area contributed by atoms with Crippen LogP contribution in [0.5, 0.6) is 0 Å². The zero-order valence-electron chi connectivity index (χ0n) is 14.2. The first-order valence-electron chi connectivity index (χ1n) is 8.32. The van der Waals surface area contributed by atoms with Crippen molar-refractivity contribution < 1.29 is 13.6 Å². The van der Waals surface area contributed by atoms with Crippen LogP contribution in [0.3, 0.4) is 0 Å². The van der Waals surface area contributed by atoms with Gasteiger partial charge in [-0.15, -0.1) is 5.10 Å². The van der Waals surface area contributed by atoms with Gasteiger partial charge < -0.3 is 10.2 Å². The van der Waals surface area contributed by atoms with Crippen LogP contribution in [0.1, 0.15) is 47.9 Å².